The molecule has 0 unspecified atom stereocenters. The molecule has 3 aromatic rings. The van der Waals surface area contributed by atoms with Crippen LogP contribution in [0.5, 0.6) is 0 Å². The van der Waals surface area contributed by atoms with Gasteiger partial charge >= 0.3 is 0 Å². The molecule has 0 aromatic heterocycles. The van der Waals surface area contributed by atoms with Crippen LogP contribution in [0, 0.1) is 0 Å². The van der Waals surface area contributed by atoms with Crippen LogP contribution in [0.25, 0.3) is 0 Å². The summed E-state index contributed by atoms with van der Waals surface area (Å²) in [5, 5.41) is 0. The Bertz CT molecular complexity index is 1270. The van der Waals surface area contributed by atoms with Crippen molar-refractivity contribution in [2.75, 3.05) is 19.5 Å². The van der Waals surface area contributed by atoms with E-state index in [0.29, 0.717) is 26.2 Å². The maximum Gasteiger partial charge on any atom is 0.264 e. The number of ether oxygens (including phenoxy) is 5. The molecule has 3 aromatic carbocycles. The van der Waals surface area contributed by atoms with Crippen molar-refractivity contribution >= 4 is 10.1 Å². The Morgan fingerprint density at radius 1 is 0.750 bits per heavy atom. The van der Waals surface area contributed by atoms with Gasteiger partial charge in [-0.15, -0.1) is 0 Å². The Morgan fingerprint density at radius 3 is 1.82 bits per heavy atom. The van der Waals surface area contributed by atoms with Gasteiger partial charge in [-0.3, -0.25) is 4.18 Å². The van der Waals surface area contributed by atoms with Crippen molar-refractivity contribution in [2.45, 2.75) is 62.9 Å². The van der Waals surface area contributed by atoms with Gasteiger partial charge in [0.2, 0.25) is 0 Å². The molecule has 0 bridgehead atoms. The van der Waals surface area contributed by atoms with Crippen molar-refractivity contribution in [1.82, 2.24) is 0 Å². The average molecular weight is 569 g/mol. The minimum absolute atomic E-state index is 0.114. The molecule has 2 aliphatic heterocycles. The van der Waals surface area contributed by atoms with Crippen molar-refractivity contribution in [3.63, 3.8) is 0 Å². The highest BCUT2D eigenvalue weighted by molar-refractivity contribution is 7.86. The molecule has 2 heterocycles. The predicted octanol–water partition coefficient (Wildman–Crippen LogP) is 4.28. The summed E-state index contributed by atoms with van der Waals surface area (Å²) < 4.78 is 60.7. The number of fused-ring (bicyclic) bond motifs is 1. The van der Waals surface area contributed by atoms with Crippen molar-refractivity contribution < 1.29 is 36.3 Å². The van der Waals surface area contributed by atoms with E-state index in [0.717, 1.165) is 22.9 Å². The van der Waals surface area contributed by atoms with Gasteiger partial charge in [-0.2, -0.15) is 8.42 Å². The maximum absolute atomic E-state index is 11.8. The third kappa shape index (κ3) is 8.20. The van der Waals surface area contributed by atoms with E-state index in [4.69, 9.17) is 27.9 Å². The Labute approximate surface area is 236 Å². The predicted molar refractivity (Wildman–Crippen MR) is 149 cm³/mol. The molecule has 8 nitrogen and oxygen atoms in total. The summed E-state index contributed by atoms with van der Waals surface area (Å²) in [6.45, 7) is 1.53. The standard InChI is InChI=1S/C31H36O8S/c1-40(32,33)39-26-17-27-29(37-21-26)31(36-20-25-15-9-4-10-16-25)30(35-19-24-13-7-3-8-14-24)28(38-27)22-34-18-23-11-5-2-6-12-23/h2-16,26-31H,17-22H2,1H3/t26-,27+,28-,29+,30-,31-/m1/s1. The normalized spacial score (nSPS) is 26.7. The highest BCUT2D eigenvalue weighted by atomic mass is 32.2. The van der Waals surface area contributed by atoms with E-state index in [9.17, 15) is 8.42 Å². The summed E-state index contributed by atoms with van der Waals surface area (Å²) in [5.74, 6) is 0. The second-order valence-corrected chi connectivity index (χ2v) is 11.8. The van der Waals surface area contributed by atoms with Crippen LogP contribution in [0.1, 0.15) is 23.1 Å². The fraction of sp³-hybridized carbons (Fsp3) is 0.419. The third-order valence-corrected chi connectivity index (χ3v) is 7.60. The molecule has 0 amide bonds. The third-order valence-electron chi connectivity index (χ3n) is 6.97. The lowest BCUT2D eigenvalue weighted by Gasteiger charge is -2.49. The van der Waals surface area contributed by atoms with E-state index in [1.165, 1.54) is 0 Å². The summed E-state index contributed by atoms with van der Waals surface area (Å²) in [5.41, 5.74) is 3.11. The zero-order chi connectivity index (χ0) is 27.8. The first-order valence-corrected chi connectivity index (χ1v) is 15.3. The lowest BCUT2D eigenvalue weighted by molar-refractivity contribution is -0.289. The van der Waals surface area contributed by atoms with Crippen molar-refractivity contribution in [2.24, 2.45) is 0 Å². The first-order chi connectivity index (χ1) is 19.4. The van der Waals surface area contributed by atoms with Crippen LogP contribution in [0.3, 0.4) is 0 Å². The Morgan fingerprint density at radius 2 is 1.27 bits per heavy atom. The van der Waals surface area contributed by atoms with Crippen LogP contribution < -0.4 is 0 Å². The minimum atomic E-state index is -3.65. The fourth-order valence-corrected chi connectivity index (χ4v) is 5.80. The monoisotopic (exact) mass is 568 g/mol. The molecule has 2 aliphatic rings. The molecule has 0 spiro atoms. The second-order valence-electron chi connectivity index (χ2n) is 10.2. The Balaban J connectivity index is 1.36. The molecule has 2 fully saturated rings. The quantitative estimate of drug-likeness (QED) is 0.299. The molecule has 2 saturated heterocycles. The first-order valence-electron chi connectivity index (χ1n) is 13.5. The Hall–Kier alpha value is -2.63. The van der Waals surface area contributed by atoms with E-state index >= 15 is 0 Å². The molecule has 5 rings (SSSR count). The van der Waals surface area contributed by atoms with Gasteiger partial charge in [-0.1, -0.05) is 91.0 Å². The van der Waals surface area contributed by atoms with Crippen LogP contribution in [-0.4, -0.2) is 64.5 Å². The van der Waals surface area contributed by atoms with E-state index in [2.05, 4.69) is 0 Å². The molecular formula is C31H36O8S. The van der Waals surface area contributed by atoms with Gasteiger partial charge in [0.15, 0.2) is 0 Å². The second kappa shape index (κ2) is 13.8. The van der Waals surface area contributed by atoms with Crippen LogP contribution in [0.15, 0.2) is 91.0 Å². The maximum atomic E-state index is 11.8. The van der Waals surface area contributed by atoms with Crippen LogP contribution in [0.2, 0.25) is 0 Å². The number of hydrogen-bond acceptors (Lipinski definition) is 8. The van der Waals surface area contributed by atoms with Gasteiger partial charge in [0, 0.05) is 6.42 Å². The minimum Gasteiger partial charge on any atom is -0.374 e. The van der Waals surface area contributed by atoms with E-state index in [1.54, 1.807) is 0 Å². The molecule has 0 saturated carbocycles. The summed E-state index contributed by atoms with van der Waals surface area (Å²) >= 11 is 0. The molecule has 0 radical (unpaired) electrons. The van der Waals surface area contributed by atoms with E-state index in [-0.39, 0.29) is 13.2 Å². The molecule has 40 heavy (non-hydrogen) atoms. The van der Waals surface area contributed by atoms with Crippen molar-refractivity contribution in [3.8, 4) is 0 Å². The Kier molecular flexibility index (Phi) is 9.98. The van der Waals surface area contributed by atoms with Gasteiger partial charge in [-0.05, 0) is 16.7 Å². The van der Waals surface area contributed by atoms with Crippen molar-refractivity contribution in [1.29, 1.82) is 0 Å². The summed E-state index contributed by atoms with van der Waals surface area (Å²) in [7, 11) is -3.65. The number of rotatable bonds is 12. The van der Waals surface area contributed by atoms with Crippen molar-refractivity contribution in [3.05, 3.63) is 108 Å². The highest BCUT2D eigenvalue weighted by Crippen LogP contribution is 2.35. The van der Waals surface area contributed by atoms with Crippen LogP contribution >= 0.6 is 0 Å². The van der Waals surface area contributed by atoms with Gasteiger partial charge in [-0.25, -0.2) is 0 Å². The molecule has 6 atom stereocenters. The first kappa shape index (κ1) is 28.9. The van der Waals surface area contributed by atoms with Gasteiger partial charge in [0.05, 0.1) is 45.4 Å². The molecule has 9 heteroatoms. The fourth-order valence-electron chi connectivity index (χ4n) is 5.17. The molecular weight excluding hydrogens is 532 g/mol. The average Bonchev–Trinajstić information content (AvgIpc) is 2.96. The van der Waals surface area contributed by atoms with E-state index < -0.39 is 46.7 Å². The van der Waals surface area contributed by atoms with Crippen LogP contribution in [0.4, 0.5) is 0 Å². The molecule has 0 N–H and O–H groups in total. The smallest absolute Gasteiger partial charge is 0.264 e. The zero-order valence-corrected chi connectivity index (χ0v) is 23.4. The van der Waals surface area contributed by atoms with Gasteiger partial charge < -0.3 is 23.7 Å². The topological polar surface area (TPSA) is 89.5 Å². The SMILES string of the molecule is CS(=O)(=O)O[C@H]1CO[C@@H]2[C@@H](OCc3ccccc3)[C@H](OCc3ccccc3)[C@@H](COCc3ccccc3)O[C@H]2C1. The van der Waals surface area contributed by atoms with Crippen LogP contribution in [-0.2, 0) is 57.8 Å². The lowest BCUT2D eigenvalue weighted by Crippen LogP contribution is -2.63. The molecule has 214 valence electrons. The van der Waals surface area contributed by atoms with E-state index in [1.807, 2.05) is 91.0 Å². The summed E-state index contributed by atoms with van der Waals surface area (Å²) in [4.78, 5) is 0. The largest absolute Gasteiger partial charge is 0.374 e. The highest BCUT2D eigenvalue weighted by Gasteiger charge is 2.51. The number of benzene rings is 3. The van der Waals surface area contributed by atoms with Gasteiger partial charge in [0.25, 0.3) is 10.1 Å². The summed E-state index contributed by atoms with van der Waals surface area (Å²) in [6, 6.07) is 29.8. The summed E-state index contributed by atoms with van der Waals surface area (Å²) in [6.07, 6.45) is -1.62. The lowest BCUT2D eigenvalue weighted by atomic mass is 9.90. The number of hydrogen-bond donors (Lipinski definition) is 0. The van der Waals surface area contributed by atoms with Gasteiger partial charge in [0.1, 0.15) is 30.5 Å². The molecule has 0 aliphatic carbocycles. The zero-order valence-electron chi connectivity index (χ0n) is 22.5.